The number of aliphatic hydroxyl groups excluding tert-OH is 2. The molecule has 2 heteroatoms. The summed E-state index contributed by atoms with van der Waals surface area (Å²) in [5.41, 5.74) is 0. The third-order valence-electron chi connectivity index (χ3n) is 1.08. The Morgan fingerprint density at radius 1 is 1.40 bits per heavy atom. The summed E-state index contributed by atoms with van der Waals surface area (Å²) in [5, 5.41) is 17.0. The molecule has 0 heterocycles. The maximum absolute atomic E-state index is 8.81. The molecule has 0 aromatic heterocycles. The molecule has 10 heavy (non-hydrogen) atoms. The average molecular weight is 142 g/mol. The second-order valence-electron chi connectivity index (χ2n) is 2.20. The van der Waals surface area contributed by atoms with Gasteiger partial charge in [-0.2, -0.15) is 0 Å². The molecule has 0 amide bonds. The van der Waals surface area contributed by atoms with Gasteiger partial charge in [0.15, 0.2) is 0 Å². The van der Waals surface area contributed by atoms with Crippen molar-refractivity contribution >= 4 is 0 Å². The molecule has 0 aliphatic carbocycles. The van der Waals surface area contributed by atoms with Gasteiger partial charge in [0.2, 0.25) is 0 Å². The number of hydrogen-bond donors (Lipinski definition) is 2. The van der Waals surface area contributed by atoms with Crippen LogP contribution < -0.4 is 0 Å². The largest absolute Gasteiger partial charge is 0.516 e. The van der Waals surface area contributed by atoms with Gasteiger partial charge < -0.3 is 10.2 Å². The lowest BCUT2D eigenvalue weighted by molar-refractivity contribution is 0.186. The zero-order valence-corrected chi connectivity index (χ0v) is 6.20. The van der Waals surface area contributed by atoms with Gasteiger partial charge in [0.1, 0.15) is 0 Å². The summed E-state index contributed by atoms with van der Waals surface area (Å²) in [6.45, 7) is 1.76. The lowest BCUT2D eigenvalue weighted by Crippen LogP contribution is -1.96. The molecule has 0 aromatic carbocycles. The van der Waals surface area contributed by atoms with E-state index in [1.807, 2.05) is 6.08 Å². The van der Waals surface area contributed by atoms with Gasteiger partial charge in [-0.3, -0.25) is 0 Å². The molecule has 1 unspecified atom stereocenters. The minimum atomic E-state index is -0.234. The van der Waals surface area contributed by atoms with E-state index in [0.717, 1.165) is 19.1 Å². The van der Waals surface area contributed by atoms with Crippen molar-refractivity contribution in [1.82, 2.24) is 0 Å². The lowest BCUT2D eigenvalue weighted by atomic mass is 10.2. The van der Waals surface area contributed by atoms with Crippen molar-refractivity contribution < 1.29 is 10.2 Å². The number of rotatable bonds is 4. The van der Waals surface area contributed by atoms with Gasteiger partial charge in [-0.05, 0) is 25.8 Å². The van der Waals surface area contributed by atoms with E-state index in [4.69, 9.17) is 10.2 Å². The van der Waals surface area contributed by atoms with Gasteiger partial charge in [-0.15, -0.1) is 0 Å². The second kappa shape index (κ2) is 6.36. The van der Waals surface area contributed by atoms with E-state index in [2.05, 4.69) is 0 Å². The fourth-order valence-electron chi connectivity index (χ4n) is 0.562. The fraction of sp³-hybridized carbons (Fsp3) is 0.500. The summed E-state index contributed by atoms with van der Waals surface area (Å²) in [6, 6.07) is 0. The van der Waals surface area contributed by atoms with Crippen LogP contribution in [-0.4, -0.2) is 16.3 Å². The van der Waals surface area contributed by atoms with Crippen molar-refractivity contribution in [3.8, 4) is 0 Å². The Hall–Kier alpha value is -0.760. The summed E-state index contributed by atoms with van der Waals surface area (Å²) >= 11 is 0. The first-order valence-electron chi connectivity index (χ1n) is 3.41. The fourth-order valence-corrected chi connectivity index (χ4v) is 0.562. The normalized spacial score (nSPS) is 15.0. The van der Waals surface area contributed by atoms with Crippen molar-refractivity contribution in [3.63, 3.8) is 0 Å². The minimum Gasteiger partial charge on any atom is -0.516 e. The van der Waals surface area contributed by atoms with Crippen LogP contribution in [0, 0.1) is 0 Å². The molecule has 2 N–H and O–H groups in total. The summed E-state index contributed by atoms with van der Waals surface area (Å²) < 4.78 is 0. The predicted molar refractivity (Wildman–Crippen MR) is 41.8 cm³/mol. The Morgan fingerprint density at radius 3 is 2.60 bits per heavy atom. The lowest BCUT2D eigenvalue weighted by Gasteiger charge is -1.97. The summed E-state index contributed by atoms with van der Waals surface area (Å²) in [5.74, 6) is 0. The summed E-state index contributed by atoms with van der Waals surface area (Å²) in [7, 11) is 0. The molecular formula is C8H14O2. The van der Waals surface area contributed by atoms with E-state index in [-0.39, 0.29) is 6.10 Å². The predicted octanol–water partition coefficient (Wildman–Crippen LogP) is 1.78. The van der Waals surface area contributed by atoms with Gasteiger partial charge >= 0.3 is 0 Å². The van der Waals surface area contributed by atoms with Gasteiger partial charge in [-0.1, -0.05) is 12.2 Å². The molecule has 0 saturated heterocycles. The number of aliphatic hydroxyl groups is 2. The van der Waals surface area contributed by atoms with E-state index in [0.29, 0.717) is 0 Å². The zero-order chi connectivity index (χ0) is 7.82. The van der Waals surface area contributed by atoms with E-state index >= 15 is 0 Å². The first-order chi connectivity index (χ1) is 4.77. The van der Waals surface area contributed by atoms with E-state index in [1.54, 1.807) is 19.1 Å². The van der Waals surface area contributed by atoms with Gasteiger partial charge in [0.05, 0.1) is 12.4 Å². The van der Waals surface area contributed by atoms with E-state index in [1.165, 1.54) is 0 Å². The smallest absolute Gasteiger partial charge is 0.0791 e. The topological polar surface area (TPSA) is 40.5 Å². The van der Waals surface area contributed by atoms with Crippen LogP contribution in [-0.2, 0) is 0 Å². The van der Waals surface area contributed by atoms with Gasteiger partial charge in [0.25, 0.3) is 0 Å². The third kappa shape index (κ3) is 7.24. The van der Waals surface area contributed by atoms with Gasteiger partial charge in [0, 0.05) is 0 Å². The quantitative estimate of drug-likeness (QED) is 0.464. The highest BCUT2D eigenvalue weighted by molar-refractivity contribution is 4.98. The highest BCUT2D eigenvalue weighted by Crippen LogP contribution is 1.96. The molecule has 0 aliphatic rings. The molecule has 1 atom stereocenters. The van der Waals surface area contributed by atoms with Crippen LogP contribution in [0.2, 0.25) is 0 Å². The molecule has 0 bridgehead atoms. The van der Waals surface area contributed by atoms with Crippen molar-refractivity contribution in [1.29, 1.82) is 0 Å². The Morgan fingerprint density at radius 2 is 2.10 bits per heavy atom. The molecule has 0 fully saturated rings. The molecule has 0 rings (SSSR count). The Kier molecular flexibility index (Phi) is 5.88. The maximum atomic E-state index is 8.81. The highest BCUT2D eigenvalue weighted by Gasteiger charge is 1.89. The highest BCUT2D eigenvalue weighted by atomic mass is 16.3. The van der Waals surface area contributed by atoms with Crippen molar-refractivity contribution in [3.05, 3.63) is 24.5 Å². The van der Waals surface area contributed by atoms with Crippen molar-refractivity contribution in [2.45, 2.75) is 25.9 Å². The SMILES string of the molecule is CC(O)CCC=CC=CO. The summed E-state index contributed by atoms with van der Waals surface area (Å²) in [6.07, 6.45) is 7.57. The first-order valence-corrected chi connectivity index (χ1v) is 3.41. The van der Waals surface area contributed by atoms with Crippen molar-refractivity contribution in [2.24, 2.45) is 0 Å². The molecule has 2 nitrogen and oxygen atoms in total. The molecule has 0 aromatic rings. The van der Waals surface area contributed by atoms with Crippen LogP contribution in [0.15, 0.2) is 24.5 Å². The Balaban J connectivity index is 3.18. The molecule has 0 saturated carbocycles. The van der Waals surface area contributed by atoms with E-state index in [9.17, 15) is 0 Å². The Bertz CT molecular complexity index is 114. The van der Waals surface area contributed by atoms with Crippen LogP contribution in [0.3, 0.4) is 0 Å². The minimum absolute atomic E-state index is 0.234. The molecule has 0 radical (unpaired) electrons. The van der Waals surface area contributed by atoms with Crippen LogP contribution in [0.4, 0.5) is 0 Å². The molecule has 0 spiro atoms. The average Bonchev–Trinajstić information content (AvgIpc) is 1.87. The van der Waals surface area contributed by atoms with Gasteiger partial charge in [-0.25, -0.2) is 0 Å². The number of allylic oxidation sites excluding steroid dienone is 3. The molecule has 58 valence electrons. The van der Waals surface area contributed by atoms with Crippen LogP contribution >= 0.6 is 0 Å². The van der Waals surface area contributed by atoms with Crippen LogP contribution in [0.1, 0.15) is 19.8 Å². The summed E-state index contributed by atoms with van der Waals surface area (Å²) in [4.78, 5) is 0. The number of hydrogen-bond acceptors (Lipinski definition) is 2. The molecular weight excluding hydrogens is 128 g/mol. The standard InChI is InChI=1S/C8H14O2/c1-8(10)6-4-2-3-5-7-9/h2-3,5,7-10H,4,6H2,1H3. The third-order valence-corrected chi connectivity index (χ3v) is 1.08. The second-order valence-corrected chi connectivity index (χ2v) is 2.20. The van der Waals surface area contributed by atoms with E-state index < -0.39 is 0 Å². The van der Waals surface area contributed by atoms with Crippen LogP contribution in [0.5, 0.6) is 0 Å². The first kappa shape index (κ1) is 9.24. The van der Waals surface area contributed by atoms with Crippen LogP contribution in [0.25, 0.3) is 0 Å². The van der Waals surface area contributed by atoms with Crippen molar-refractivity contribution in [2.75, 3.05) is 0 Å². The maximum Gasteiger partial charge on any atom is 0.0791 e. The monoisotopic (exact) mass is 142 g/mol. The molecule has 0 aliphatic heterocycles. The Labute approximate surface area is 61.5 Å². The zero-order valence-electron chi connectivity index (χ0n) is 6.20.